The van der Waals surface area contributed by atoms with E-state index in [-0.39, 0.29) is 17.7 Å². The lowest BCUT2D eigenvalue weighted by Crippen LogP contribution is -2.30. The van der Waals surface area contributed by atoms with Crippen molar-refractivity contribution in [3.8, 4) is 0 Å². The van der Waals surface area contributed by atoms with Crippen LogP contribution in [0.2, 0.25) is 0 Å². The third kappa shape index (κ3) is 2.85. The summed E-state index contributed by atoms with van der Waals surface area (Å²) < 4.78 is 5.12. The molecule has 0 saturated heterocycles. The van der Waals surface area contributed by atoms with Gasteiger partial charge in [-0.15, -0.1) is 0 Å². The van der Waals surface area contributed by atoms with Crippen molar-refractivity contribution in [3.63, 3.8) is 0 Å². The minimum Gasteiger partial charge on any atom is -0.467 e. The summed E-state index contributed by atoms with van der Waals surface area (Å²) in [4.78, 5) is 27.2. The van der Waals surface area contributed by atoms with E-state index >= 15 is 0 Å². The molecule has 0 aliphatic heterocycles. The number of fused-ring (bicyclic) bond motifs is 1. The van der Waals surface area contributed by atoms with Gasteiger partial charge in [0.15, 0.2) is 0 Å². The number of carbonyl (C=O) groups is 1. The molecule has 0 atom stereocenters. The van der Waals surface area contributed by atoms with Crippen LogP contribution in [0.4, 0.5) is 10.5 Å². The number of benzene rings is 1. The molecular formula is C16H15N3O3. The van der Waals surface area contributed by atoms with Gasteiger partial charge in [-0.2, -0.15) is 0 Å². The van der Waals surface area contributed by atoms with Crippen molar-refractivity contribution < 1.29 is 9.21 Å². The molecule has 0 unspecified atom stereocenters. The van der Waals surface area contributed by atoms with Crippen LogP contribution in [0.3, 0.4) is 0 Å². The molecule has 1 aromatic carbocycles. The lowest BCUT2D eigenvalue weighted by Gasteiger charge is -2.07. The Morgan fingerprint density at radius 3 is 2.95 bits per heavy atom. The number of aryl methyl sites for hydroxylation is 1. The highest BCUT2D eigenvalue weighted by molar-refractivity contribution is 5.91. The van der Waals surface area contributed by atoms with E-state index in [2.05, 4.69) is 15.6 Å². The third-order valence-corrected chi connectivity index (χ3v) is 3.29. The second-order valence-corrected chi connectivity index (χ2v) is 4.97. The fourth-order valence-corrected chi connectivity index (χ4v) is 2.17. The molecule has 22 heavy (non-hydrogen) atoms. The minimum absolute atomic E-state index is 0.204. The smallest absolute Gasteiger partial charge is 0.319 e. The van der Waals surface area contributed by atoms with Crippen molar-refractivity contribution in [2.75, 3.05) is 5.32 Å². The zero-order valence-corrected chi connectivity index (χ0v) is 12.0. The Morgan fingerprint density at radius 1 is 1.32 bits per heavy atom. The van der Waals surface area contributed by atoms with Crippen LogP contribution in [0.15, 0.2) is 52.0 Å². The zero-order valence-electron chi connectivity index (χ0n) is 12.0. The van der Waals surface area contributed by atoms with E-state index in [1.807, 2.05) is 19.1 Å². The number of nitrogens with one attached hydrogen (secondary N) is 3. The Kier molecular flexibility index (Phi) is 3.65. The third-order valence-electron chi connectivity index (χ3n) is 3.29. The average molecular weight is 297 g/mol. The largest absolute Gasteiger partial charge is 0.467 e. The van der Waals surface area contributed by atoms with Gasteiger partial charge in [-0.1, -0.05) is 11.6 Å². The number of hydrogen-bond donors (Lipinski definition) is 3. The number of urea groups is 1. The molecule has 0 saturated carbocycles. The van der Waals surface area contributed by atoms with Gasteiger partial charge in [-0.05, 0) is 31.2 Å². The molecule has 2 amide bonds. The van der Waals surface area contributed by atoms with Gasteiger partial charge in [0.2, 0.25) is 5.43 Å². The zero-order chi connectivity index (χ0) is 15.5. The number of pyridine rings is 1. The first-order valence-electron chi connectivity index (χ1n) is 6.83. The van der Waals surface area contributed by atoms with E-state index in [0.717, 1.165) is 11.1 Å². The maximum absolute atomic E-state index is 12.4. The van der Waals surface area contributed by atoms with Crippen molar-refractivity contribution in [2.45, 2.75) is 13.5 Å². The fraction of sp³-hybridized carbons (Fsp3) is 0.125. The van der Waals surface area contributed by atoms with Crippen LogP contribution in [0, 0.1) is 6.92 Å². The number of H-pyrrole nitrogens is 1. The molecule has 0 fully saturated rings. The maximum atomic E-state index is 12.4. The molecule has 3 aromatic rings. The predicted molar refractivity (Wildman–Crippen MR) is 83.9 cm³/mol. The normalized spacial score (nSPS) is 10.6. The van der Waals surface area contributed by atoms with Gasteiger partial charge < -0.3 is 20.0 Å². The van der Waals surface area contributed by atoms with Gasteiger partial charge >= 0.3 is 6.03 Å². The minimum atomic E-state index is -0.464. The first-order chi connectivity index (χ1) is 10.6. The summed E-state index contributed by atoms with van der Waals surface area (Å²) in [5, 5.41) is 5.72. The van der Waals surface area contributed by atoms with Gasteiger partial charge in [0, 0.05) is 17.1 Å². The topological polar surface area (TPSA) is 87.1 Å². The molecular weight excluding hydrogens is 282 g/mol. The molecule has 0 bridgehead atoms. The highest BCUT2D eigenvalue weighted by atomic mass is 16.3. The number of aromatic amines is 1. The fourth-order valence-electron chi connectivity index (χ4n) is 2.17. The van der Waals surface area contributed by atoms with Gasteiger partial charge in [-0.25, -0.2) is 4.79 Å². The summed E-state index contributed by atoms with van der Waals surface area (Å²) in [6.07, 6.45) is 3.03. The number of anilines is 1. The van der Waals surface area contributed by atoms with Crippen LogP contribution < -0.4 is 16.1 Å². The van der Waals surface area contributed by atoms with Gasteiger partial charge in [0.05, 0.1) is 12.8 Å². The summed E-state index contributed by atoms with van der Waals surface area (Å²) in [5.74, 6) is 0.637. The summed E-state index contributed by atoms with van der Waals surface area (Å²) >= 11 is 0. The van der Waals surface area contributed by atoms with Gasteiger partial charge in [0.25, 0.3) is 0 Å². The number of rotatable bonds is 3. The van der Waals surface area contributed by atoms with Crippen LogP contribution in [0.25, 0.3) is 10.9 Å². The molecule has 3 N–H and O–H groups in total. The lowest BCUT2D eigenvalue weighted by atomic mass is 10.1. The Bertz CT molecular complexity index is 866. The quantitative estimate of drug-likeness (QED) is 0.694. The Balaban J connectivity index is 1.77. The Morgan fingerprint density at radius 2 is 2.18 bits per heavy atom. The molecule has 2 heterocycles. The number of furan rings is 1. The Hall–Kier alpha value is -3.02. The highest BCUT2D eigenvalue weighted by Gasteiger charge is 2.09. The first kappa shape index (κ1) is 13.9. The molecule has 0 aliphatic rings. The SMILES string of the molecule is Cc1ccc2[nH]cc(NC(=O)NCc3ccco3)c(=O)c2c1. The van der Waals surface area contributed by atoms with Crippen LogP contribution in [0.5, 0.6) is 0 Å². The molecule has 0 radical (unpaired) electrons. The van der Waals surface area contributed by atoms with Crippen molar-refractivity contribution >= 4 is 22.6 Å². The van der Waals surface area contributed by atoms with E-state index in [4.69, 9.17) is 4.42 Å². The lowest BCUT2D eigenvalue weighted by molar-refractivity contribution is 0.251. The van der Waals surface area contributed by atoms with Gasteiger partial charge in [0.1, 0.15) is 11.4 Å². The summed E-state index contributed by atoms with van der Waals surface area (Å²) in [5.41, 5.74) is 1.70. The Labute approximate surface area is 126 Å². The molecule has 0 aliphatic carbocycles. The maximum Gasteiger partial charge on any atom is 0.319 e. The number of aromatic nitrogens is 1. The van der Waals surface area contributed by atoms with Crippen LogP contribution in [0.1, 0.15) is 11.3 Å². The van der Waals surface area contributed by atoms with E-state index in [0.29, 0.717) is 11.1 Å². The summed E-state index contributed by atoms with van der Waals surface area (Å²) in [6, 6.07) is 8.58. The predicted octanol–water partition coefficient (Wildman–Crippen LogP) is 2.75. The highest BCUT2D eigenvalue weighted by Crippen LogP contribution is 2.12. The second kappa shape index (κ2) is 5.77. The molecule has 6 nitrogen and oxygen atoms in total. The van der Waals surface area contributed by atoms with Crippen LogP contribution >= 0.6 is 0 Å². The summed E-state index contributed by atoms with van der Waals surface area (Å²) in [6.45, 7) is 2.17. The molecule has 6 heteroatoms. The van der Waals surface area contributed by atoms with Crippen molar-refractivity contribution in [1.29, 1.82) is 0 Å². The monoisotopic (exact) mass is 297 g/mol. The van der Waals surface area contributed by atoms with Crippen LogP contribution in [-0.4, -0.2) is 11.0 Å². The molecule has 112 valence electrons. The van der Waals surface area contributed by atoms with E-state index in [9.17, 15) is 9.59 Å². The second-order valence-electron chi connectivity index (χ2n) is 4.97. The van der Waals surface area contributed by atoms with Crippen LogP contribution in [-0.2, 0) is 6.54 Å². The van der Waals surface area contributed by atoms with E-state index < -0.39 is 6.03 Å². The van der Waals surface area contributed by atoms with Gasteiger partial charge in [-0.3, -0.25) is 4.79 Å². The van der Waals surface area contributed by atoms with E-state index in [1.165, 1.54) is 12.5 Å². The van der Waals surface area contributed by atoms with Crippen molar-refractivity contribution in [2.24, 2.45) is 0 Å². The van der Waals surface area contributed by atoms with Crippen molar-refractivity contribution in [3.05, 3.63) is 64.3 Å². The first-order valence-corrected chi connectivity index (χ1v) is 6.83. The summed E-state index contributed by atoms with van der Waals surface area (Å²) in [7, 11) is 0. The number of amides is 2. The standard InChI is InChI=1S/C16H15N3O3/c1-10-4-5-13-12(7-10)15(20)14(9-17-13)19-16(21)18-8-11-3-2-6-22-11/h2-7,9H,8H2,1H3,(H,17,20)(H2,18,19,21). The number of carbonyl (C=O) groups excluding carboxylic acids is 1. The van der Waals surface area contributed by atoms with E-state index in [1.54, 1.807) is 18.2 Å². The average Bonchev–Trinajstić information content (AvgIpc) is 3.02. The molecule has 0 spiro atoms. The number of hydrogen-bond acceptors (Lipinski definition) is 3. The molecule has 3 rings (SSSR count). The van der Waals surface area contributed by atoms with Crippen molar-refractivity contribution in [1.82, 2.24) is 10.3 Å². The molecule has 2 aromatic heterocycles.